The Morgan fingerprint density at radius 1 is 0.397 bits per heavy atom. The summed E-state index contributed by atoms with van der Waals surface area (Å²) in [6.45, 7) is 39.2. The van der Waals surface area contributed by atoms with E-state index in [0.717, 1.165) is 22.6 Å². The summed E-state index contributed by atoms with van der Waals surface area (Å²) in [6.07, 6.45) is 27.1. The second-order valence-corrected chi connectivity index (χ2v) is 21.6. The molecular weight excluding hydrogens is 773 g/mol. The fourth-order valence-corrected chi connectivity index (χ4v) is 11.5. The van der Waals surface area contributed by atoms with E-state index in [1.165, 1.54) is 225 Å². The number of nitrogens with zero attached hydrogens (tertiary/aromatic N) is 2. The molecule has 5 heteroatoms. The predicted molar refractivity (Wildman–Crippen MR) is 271 cm³/mol. The van der Waals surface area contributed by atoms with Crippen LogP contribution in [0, 0.1) is 13.8 Å². The van der Waals surface area contributed by atoms with E-state index in [2.05, 4.69) is 107 Å². The van der Waals surface area contributed by atoms with Gasteiger partial charge in [0.15, 0.2) is 0 Å². The highest BCUT2D eigenvalue weighted by atomic mass is 16.8. The van der Waals surface area contributed by atoms with E-state index >= 15 is 0 Å². The summed E-state index contributed by atoms with van der Waals surface area (Å²) in [7, 11) is 0. The first-order chi connectivity index (χ1) is 30.3. The maximum Gasteiger partial charge on any atom is 0.233 e. The van der Waals surface area contributed by atoms with Crippen molar-refractivity contribution in [2.24, 2.45) is 0 Å². The Kier molecular flexibility index (Phi) is 22.4. The molecule has 2 aromatic rings. The molecule has 4 rings (SSSR count). The fourth-order valence-electron chi connectivity index (χ4n) is 11.5. The number of hydrogen-bond acceptors (Lipinski definition) is 3. The predicted octanol–water partition coefficient (Wildman–Crippen LogP) is 16.7. The standard InChI is InChI=1S/C58H102N2O3/c1-13-21-31-57(11,32-22-14-2)49-43-47(9)53-51(45-49)55-62-54-48(10)44-50(46-52(54)56(61-53)63-55)58(12,33-29-41-59(35-23-15-3,36-24-16-4)37-25-17-5)34-30-42-60(38-26-18-6,39-27-19-7)40-28-20-8/h43-46,55-56H,13-42H2,1-12H3/q+2. The highest BCUT2D eigenvalue weighted by molar-refractivity contribution is 5.53. The molecule has 2 bridgehead atoms. The van der Waals surface area contributed by atoms with Gasteiger partial charge in [-0.2, -0.15) is 0 Å². The van der Waals surface area contributed by atoms with Gasteiger partial charge in [-0.05, 0) is 136 Å². The van der Waals surface area contributed by atoms with Crippen LogP contribution in [0.25, 0.3) is 0 Å². The lowest BCUT2D eigenvalue weighted by Gasteiger charge is -2.43. The summed E-state index contributed by atoms with van der Waals surface area (Å²) in [5.41, 5.74) is 7.61. The van der Waals surface area contributed by atoms with Gasteiger partial charge < -0.3 is 18.4 Å². The van der Waals surface area contributed by atoms with Crippen LogP contribution in [0.2, 0.25) is 0 Å². The molecule has 0 saturated carbocycles. The van der Waals surface area contributed by atoms with E-state index in [1.54, 1.807) is 0 Å². The lowest BCUT2D eigenvalue weighted by atomic mass is 9.73. The third-order valence-electron chi connectivity index (χ3n) is 16.0. The Labute approximate surface area is 391 Å². The Bertz CT molecular complexity index is 1530. The van der Waals surface area contributed by atoms with Crippen LogP contribution < -0.4 is 9.47 Å². The smallest absolute Gasteiger partial charge is 0.233 e. The van der Waals surface area contributed by atoms with E-state index in [1.807, 2.05) is 0 Å². The zero-order chi connectivity index (χ0) is 45.9. The van der Waals surface area contributed by atoms with E-state index in [0.29, 0.717) is 0 Å². The second kappa shape index (κ2) is 26.3. The quantitative estimate of drug-likeness (QED) is 0.0656. The average molecular weight is 875 g/mol. The molecule has 2 aromatic carbocycles. The number of aryl methyl sites for hydroxylation is 2. The lowest BCUT2D eigenvalue weighted by molar-refractivity contribution is -0.929. The van der Waals surface area contributed by atoms with E-state index < -0.39 is 12.6 Å². The van der Waals surface area contributed by atoms with Crippen molar-refractivity contribution in [2.45, 2.75) is 248 Å². The largest absolute Gasteiger partial charge is 0.459 e. The average Bonchev–Trinajstić information content (AvgIpc) is 3.28. The Hall–Kier alpha value is -2.08. The molecule has 0 aromatic heterocycles. The van der Waals surface area contributed by atoms with Gasteiger partial charge in [0.05, 0.1) is 63.5 Å². The van der Waals surface area contributed by atoms with Gasteiger partial charge in [-0.25, -0.2) is 0 Å². The SMILES string of the molecule is CCCCC(C)(CCCC)c1cc(C)c2c(c1)C1Oc3c(C)cc(C(C)(CCC[N+](CCCC)(CCCC)CCCC)CCC[N+](CCCC)(CCCC)CCCC)cc3C(O2)O1. The molecule has 0 saturated heterocycles. The van der Waals surface area contributed by atoms with Crippen LogP contribution in [0.3, 0.4) is 0 Å². The number of ether oxygens (including phenoxy) is 3. The summed E-state index contributed by atoms with van der Waals surface area (Å²) in [5.74, 6) is 1.94. The third-order valence-corrected chi connectivity index (χ3v) is 16.0. The molecule has 2 aliphatic rings. The Morgan fingerprint density at radius 3 is 0.952 bits per heavy atom. The third kappa shape index (κ3) is 14.5. The first kappa shape index (κ1) is 53.5. The molecule has 0 spiro atoms. The van der Waals surface area contributed by atoms with Crippen molar-refractivity contribution in [1.29, 1.82) is 0 Å². The van der Waals surface area contributed by atoms with Crippen LogP contribution >= 0.6 is 0 Å². The highest BCUT2D eigenvalue weighted by Crippen LogP contribution is 2.52. The van der Waals surface area contributed by atoms with Crippen LogP contribution in [0.4, 0.5) is 0 Å². The van der Waals surface area contributed by atoms with Gasteiger partial charge in [0.25, 0.3) is 0 Å². The van der Waals surface area contributed by atoms with Crippen LogP contribution in [0.1, 0.15) is 256 Å². The molecule has 0 fully saturated rings. The molecule has 360 valence electrons. The summed E-state index contributed by atoms with van der Waals surface area (Å²) >= 11 is 0. The Balaban J connectivity index is 1.72. The molecular formula is C58H102N2O3+2. The molecule has 0 N–H and O–H groups in total. The van der Waals surface area contributed by atoms with Crippen LogP contribution in [0.15, 0.2) is 24.3 Å². The van der Waals surface area contributed by atoms with Crippen LogP contribution in [-0.2, 0) is 15.6 Å². The Morgan fingerprint density at radius 2 is 0.667 bits per heavy atom. The van der Waals surface area contributed by atoms with Crippen molar-refractivity contribution < 1.29 is 23.2 Å². The number of unbranched alkanes of at least 4 members (excludes halogenated alkanes) is 8. The highest BCUT2D eigenvalue weighted by Gasteiger charge is 2.42. The summed E-state index contributed by atoms with van der Waals surface area (Å²) < 4.78 is 23.4. The van der Waals surface area contributed by atoms with Crippen LogP contribution in [0.5, 0.6) is 11.5 Å². The van der Waals surface area contributed by atoms with Gasteiger partial charge in [-0.1, -0.05) is 146 Å². The molecule has 2 atom stereocenters. The van der Waals surface area contributed by atoms with Gasteiger partial charge in [0.1, 0.15) is 11.5 Å². The van der Waals surface area contributed by atoms with E-state index in [9.17, 15) is 0 Å². The summed E-state index contributed by atoms with van der Waals surface area (Å²) in [6, 6.07) is 9.77. The second-order valence-electron chi connectivity index (χ2n) is 21.6. The van der Waals surface area contributed by atoms with Crippen molar-refractivity contribution in [3.63, 3.8) is 0 Å². The van der Waals surface area contributed by atoms with Crippen molar-refractivity contribution in [1.82, 2.24) is 0 Å². The van der Waals surface area contributed by atoms with Crippen molar-refractivity contribution >= 4 is 0 Å². The van der Waals surface area contributed by atoms with Gasteiger partial charge in [-0.15, -0.1) is 0 Å². The summed E-state index contributed by atoms with van der Waals surface area (Å²) in [4.78, 5) is 0. The molecule has 0 amide bonds. The molecule has 2 unspecified atom stereocenters. The van der Waals surface area contributed by atoms with Gasteiger partial charge in [0, 0.05) is 0 Å². The molecule has 5 nitrogen and oxygen atoms in total. The number of benzene rings is 2. The van der Waals surface area contributed by atoms with Gasteiger partial charge >= 0.3 is 0 Å². The number of hydrogen-bond donors (Lipinski definition) is 0. The fraction of sp³-hybridized carbons (Fsp3) is 0.793. The van der Waals surface area contributed by atoms with Gasteiger partial charge in [0.2, 0.25) is 12.6 Å². The van der Waals surface area contributed by atoms with E-state index in [-0.39, 0.29) is 10.8 Å². The normalized spacial score (nSPS) is 16.4. The van der Waals surface area contributed by atoms with Crippen molar-refractivity contribution in [2.75, 3.05) is 52.4 Å². The maximum atomic E-state index is 6.98. The minimum absolute atomic E-state index is 0.0430. The van der Waals surface area contributed by atoms with Gasteiger partial charge in [-0.3, -0.25) is 4.74 Å². The minimum Gasteiger partial charge on any atom is -0.459 e. The van der Waals surface area contributed by atoms with Crippen molar-refractivity contribution in [3.05, 3.63) is 57.6 Å². The number of fused-ring (bicyclic) bond motifs is 6. The molecule has 2 aliphatic heterocycles. The van der Waals surface area contributed by atoms with Crippen LogP contribution in [-0.4, -0.2) is 61.3 Å². The first-order valence-corrected chi connectivity index (χ1v) is 27.3. The number of quaternary nitrogens is 2. The lowest BCUT2D eigenvalue weighted by Crippen LogP contribution is -2.51. The number of rotatable bonds is 34. The zero-order valence-electron chi connectivity index (χ0n) is 43.8. The van der Waals surface area contributed by atoms with Crippen molar-refractivity contribution in [3.8, 4) is 11.5 Å². The topological polar surface area (TPSA) is 27.7 Å². The molecule has 0 radical (unpaired) electrons. The summed E-state index contributed by atoms with van der Waals surface area (Å²) in [5, 5.41) is 0. The zero-order valence-corrected chi connectivity index (χ0v) is 43.8. The van der Waals surface area contributed by atoms with E-state index in [4.69, 9.17) is 14.2 Å². The first-order valence-electron chi connectivity index (χ1n) is 27.3. The monoisotopic (exact) mass is 875 g/mol. The molecule has 63 heavy (non-hydrogen) atoms. The molecule has 0 aliphatic carbocycles. The maximum absolute atomic E-state index is 6.98. The minimum atomic E-state index is -0.465. The molecule has 2 heterocycles.